The van der Waals surface area contributed by atoms with E-state index in [9.17, 15) is 8.42 Å². The Morgan fingerprint density at radius 2 is 2.06 bits per heavy atom. The van der Waals surface area contributed by atoms with Crippen molar-refractivity contribution >= 4 is 27.4 Å². The van der Waals surface area contributed by atoms with Gasteiger partial charge in [-0.15, -0.1) is 0 Å². The summed E-state index contributed by atoms with van der Waals surface area (Å²) in [5, 5.41) is 3.36. The maximum Gasteiger partial charge on any atom is 0.213 e. The number of sulfonamides is 1. The Morgan fingerprint density at radius 3 is 2.61 bits per heavy atom. The van der Waals surface area contributed by atoms with Crippen molar-refractivity contribution in [1.29, 1.82) is 0 Å². The molecule has 0 fully saturated rings. The molecule has 0 unspecified atom stereocenters. The van der Waals surface area contributed by atoms with Gasteiger partial charge in [-0.1, -0.05) is 25.4 Å². The highest BCUT2D eigenvalue weighted by atomic mass is 35.5. The molecular formula is C10H17ClN4O2S. The molecule has 6 nitrogen and oxygen atoms in total. The first-order valence-electron chi connectivity index (χ1n) is 5.53. The monoisotopic (exact) mass is 292 g/mol. The van der Waals surface area contributed by atoms with Crippen LogP contribution in [0.15, 0.2) is 6.33 Å². The van der Waals surface area contributed by atoms with E-state index in [1.54, 1.807) is 0 Å². The van der Waals surface area contributed by atoms with Crippen molar-refractivity contribution in [3.8, 4) is 0 Å². The van der Waals surface area contributed by atoms with Gasteiger partial charge in [0.05, 0.1) is 5.75 Å². The van der Waals surface area contributed by atoms with E-state index >= 15 is 0 Å². The van der Waals surface area contributed by atoms with Crippen LogP contribution in [-0.4, -0.2) is 37.7 Å². The van der Waals surface area contributed by atoms with Crippen molar-refractivity contribution < 1.29 is 8.42 Å². The molecule has 0 aliphatic rings. The lowest BCUT2D eigenvalue weighted by Gasteiger charge is -2.14. The zero-order valence-corrected chi connectivity index (χ0v) is 12.1. The number of nitrogens with one attached hydrogen (secondary N) is 2. The standard InChI is InChI=1S/C10H17ClN4O2S/c1-7(2)8-9(11)14-6-15-10(8)13-4-5-18(16,17)12-3/h6-7,12H,4-5H2,1-3H3,(H,13,14,15). The van der Waals surface area contributed by atoms with E-state index in [0.717, 1.165) is 5.56 Å². The van der Waals surface area contributed by atoms with Gasteiger partial charge < -0.3 is 5.32 Å². The second kappa shape index (κ2) is 6.31. The summed E-state index contributed by atoms with van der Waals surface area (Å²) >= 11 is 6.00. The molecule has 0 saturated heterocycles. The minimum absolute atomic E-state index is 0.0251. The number of halogens is 1. The Morgan fingerprint density at radius 1 is 1.39 bits per heavy atom. The average Bonchev–Trinajstić information content (AvgIpc) is 2.28. The quantitative estimate of drug-likeness (QED) is 0.770. The van der Waals surface area contributed by atoms with Crippen LogP contribution in [-0.2, 0) is 10.0 Å². The van der Waals surface area contributed by atoms with Crippen molar-refractivity contribution in [3.05, 3.63) is 17.0 Å². The van der Waals surface area contributed by atoms with Gasteiger partial charge >= 0.3 is 0 Å². The maximum absolute atomic E-state index is 11.3. The number of aromatic nitrogens is 2. The first-order valence-corrected chi connectivity index (χ1v) is 7.56. The Bertz CT molecular complexity index is 505. The highest BCUT2D eigenvalue weighted by molar-refractivity contribution is 7.89. The summed E-state index contributed by atoms with van der Waals surface area (Å²) in [5.74, 6) is 0.709. The van der Waals surface area contributed by atoms with Crippen molar-refractivity contribution in [1.82, 2.24) is 14.7 Å². The van der Waals surface area contributed by atoms with E-state index in [1.165, 1.54) is 13.4 Å². The Labute approximate surface area is 112 Å². The van der Waals surface area contributed by atoms with E-state index in [1.807, 2.05) is 13.8 Å². The minimum Gasteiger partial charge on any atom is -0.369 e. The molecule has 0 aliphatic carbocycles. The van der Waals surface area contributed by atoms with Crippen LogP contribution < -0.4 is 10.0 Å². The average molecular weight is 293 g/mol. The van der Waals surface area contributed by atoms with Crippen molar-refractivity contribution in [2.75, 3.05) is 24.7 Å². The molecule has 0 radical (unpaired) electrons. The van der Waals surface area contributed by atoms with E-state index in [-0.39, 0.29) is 18.2 Å². The smallest absolute Gasteiger partial charge is 0.213 e. The molecular weight excluding hydrogens is 276 g/mol. The van der Waals surface area contributed by atoms with Crippen LogP contribution in [0.3, 0.4) is 0 Å². The van der Waals surface area contributed by atoms with Crippen LogP contribution in [0.2, 0.25) is 5.15 Å². The van der Waals surface area contributed by atoms with Crippen LogP contribution in [0.1, 0.15) is 25.3 Å². The fraction of sp³-hybridized carbons (Fsp3) is 0.600. The first kappa shape index (κ1) is 15.1. The van der Waals surface area contributed by atoms with Gasteiger partial charge in [0, 0.05) is 12.1 Å². The predicted molar refractivity (Wildman–Crippen MR) is 72.5 cm³/mol. The molecule has 0 spiro atoms. The Balaban J connectivity index is 2.77. The molecule has 1 aromatic rings. The number of rotatable bonds is 6. The normalized spacial score (nSPS) is 11.8. The molecule has 2 N–H and O–H groups in total. The molecule has 8 heteroatoms. The van der Waals surface area contributed by atoms with Gasteiger partial charge in [-0.2, -0.15) is 0 Å². The lowest BCUT2D eigenvalue weighted by molar-refractivity contribution is 0.588. The van der Waals surface area contributed by atoms with Gasteiger partial charge in [-0.25, -0.2) is 23.1 Å². The van der Waals surface area contributed by atoms with E-state index in [4.69, 9.17) is 11.6 Å². The molecule has 1 rings (SSSR count). The largest absolute Gasteiger partial charge is 0.369 e. The number of hydrogen-bond donors (Lipinski definition) is 2. The van der Waals surface area contributed by atoms with Crippen LogP contribution in [0.4, 0.5) is 5.82 Å². The molecule has 0 aliphatic heterocycles. The van der Waals surface area contributed by atoms with Gasteiger partial charge in [-0.05, 0) is 13.0 Å². The SMILES string of the molecule is CNS(=O)(=O)CCNc1ncnc(Cl)c1C(C)C. The molecule has 0 amide bonds. The number of nitrogens with zero attached hydrogens (tertiary/aromatic N) is 2. The van der Waals surface area contributed by atoms with Crippen LogP contribution in [0, 0.1) is 0 Å². The highest BCUT2D eigenvalue weighted by Gasteiger charge is 2.14. The second-order valence-electron chi connectivity index (χ2n) is 4.03. The summed E-state index contributed by atoms with van der Waals surface area (Å²) in [5.41, 5.74) is 0.793. The number of anilines is 1. The fourth-order valence-corrected chi connectivity index (χ4v) is 2.36. The van der Waals surface area contributed by atoms with Crippen LogP contribution in [0.5, 0.6) is 0 Å². The van der Waals surface area contributed by atoms with Crippen LogP contribution in [0.25, 0.3) is 0 Å². The van der Waals surface area contributed by atoms with Gasteiger partial charge in [-0.3, -0.25) is 0 Å². The third-order valence-corrected chi connectivity index (χ3v) is 4.05. The zero-order chi connectivity index (χ0) is 13.8. The van der Waals surface area contributed by atoms with Crippen LogP contribution >= 0.6 is 11.6 Å². The van der Waals surface area contributed by atoms with E-state index in [0.29, 0.717) is 11.0 Å². The molecule has 102 valence electrons. The van der Waals surface area contributed by atoms with E-state index in [2.05, 4.69) is 20.0 Å². The maximum atomic E-state index is 11.3. The van der Waals surface area contributed by atoms with E-state index < -0.39 is 10.0 Å². The van der Waals surface area contributed by atoms with Gasteiger partial charge in [0.15, 0.2) is 0 Å². The summed E-state index contributed by atoms with van der Waals surface area (Å²) in [6.45, 7) is 4.20. The Hall–Kier alpha value is -0.920. The van der Waals surface area contributed by atoms with Crippen molar-refractivity contribution in [2.45, 2.75) is 19.8 Å². The molecule has 0 bridgehead atoms. The third kappa shape index (κ3) is 4.08. The number of hydrogen-bond acceptors (Lipinski definition) is 5. The van der Waals surface area contributed by atoms with Gasteiger partial charge in [0.2, 0.25) is 10.0 Å². The van der Waals surface area contributed by atoms with Gasteiger partial charge in [0.25, 0.3) is 0 Å². The highest BCUT2D eigenvalue weighted by Crippen LogP contribution is 2.27. The van der Waals surface area contributed by atoms with Crippen molar-refractivity contribution in [2.24, 2.45) is 0 Å². The molecule has 18 heavy (non-hydrogen) atoms. The summed E-state index contributed by atoms with van der Waals surface area (Å²) in [6.07, 6.45) is 1.35. The Kier molecular flexibility index (Phi) is 5.30. The minimum atomic E-state index is -3.22. The molecule has 1 heterocycles. The van der Waals surface area contributed by atoms with Gasteiger partial charge in [0.1, 0.15) is 17.3 Å². The summed E-state index contributed by atoms with van der Waals surface area (Å²) in [7, 11) is -1.84. The zero-order valence-electron chi connectivity index (χ0n) is 10.6. The summed E-state index contributed by atoms with van der Waals surface area (Å²) < 4.78 is 24.8. The summed E-state index contributed by atoms with van der Waals surface area (Å²) in [6, 6.07) is 0. The predicted octanol–water partition coefficient (Wildman–Crippen LogP) is 1.21. The fourth-order valence-electron chi connectivity index (χ4n) is 1.43. The molecule has 0 saturated carbocycles. The second-order valence-corrected chi connectivity index (χ2v) is 6.44. The lowest BCUT2D eigenvalue weighted by atomic mass is 10.1. The molecule has 1 aromatic heterocycles. The third-order valence-electron chi connectivity index (χ3n) is 2.39. The lowest BCUT2D eigenvalue weighted by Crippen LogP contribution is -2.26. The first-order chi connectivity index (χ1) is 8.37. The summed E-state index contributed by atoms with van der Waals surface area (Å²) in [4.78, 5) is 8.00. The van der Waals surface area contributed by atoms with Crippen molar-refractivity contribution in [3.63, 3.8) is 0 Å². The topological polar surface area (TPSA) is 84.0 Å². The molecule has 0 aromatic carbocycles. The molecule has 0 atom stereocenters.